The van der Waals surface area contributed by atoms with Crippen molar-refractivity contribution in [2.24, 2.45) is 5.92 Å². The van der Waals surface area contributed by atoms with Gasteiger partial charge in [0, 0.05) is 29.4 Å². The lowest BCUT2D eigenvalue weighted by Gasteiger charge is -2.37. The van der Waals surface area contributed by atoms with E-state index in [2.05, 4.69) is 42.8 Å². The van der Waals surface area contributed by atoms with Gasteiger partial charge in [-0.3, -0.25) is 19.3 Å². The number of fused-ring (bicyclic) bond motifs is 2. The van der Waals surface area contributed by atoms with Crippen molar-refractivity contribution in [3.05, 3.63) is 78.4 Å². The summed E-state index contributed by atoms with van der Waals surface area (Å²) in [5, 5.41) is 17.6. The van der Waals surface area contributed by atoms with E-state index in [0.717, 1.165) is 43.7 Å². The van der Waals surface area contributed by atoms with Crippen LogP contribution in [-0.4, -0.2) is 80.8 Å². The third-order valence-corrected chi connectivity index (χ3v) is 16.0. The van der Waals surface area contributed by atoms with Gasteiger partial charge in [-0.2, -0.15) is 0 Å². The Morgan fingerprint density at radius 2 is 1.82 bits per heavy atom. The Morgan fingerprint density at radius 3 is 2.50 bits per heavy atom. The molecule has 0 radical (unpaired) electrons. The van der Waals surface area contributed by atoms with Gasteiger partial charge in [0.1, 0.15) is 5.75 Å². The van der Waals surface area contributed by atoms with Crippen LogP contribution >= 0.6 is 0 Å². The molecule has 4 heterocycles. The quantitative estimate of drug-likeness (QED) is 0.279. The lowest BCUT2D eigenvalue weighted by atomic mass is 9.82. The SMILES string of the molecule is COc1ccc([Si](C)(C)[C@H]2[C@H](CC(=O)N3CCC[C@H]3CO)O[C@@]3(C(=O)N(c4ccccc4)c4ccc(NC(=O)[C@H]5CCCN5)cc43)[C@@H]2C)cc1. The molecule has 50 heavy (non-hydrogen) atoms. The van der Waals surface area contributed by atoms with E-state index in [0.29, 0.717) is 23.5 Å². The van der Waals surface area contributed by atoms with Crippen LogP contribution in [0.3, 0.4) is 0 Å². The summed E-state index contributed by atoms with van der Waals surface area (Å²) in [6, 6.07) is 22.9. The van der Waals surface area contributed by atoms with E-state index >= 15 is 4.79 Å². The normalized spacial score (nSPS) is 27.6. The van der Waals surface area contributed by atoms with Crippen LogP contribution in [0.5, 0.6) is 5.75 Å². The second kappa shape index (κ2) is 13.6. The average molecular weight is 697 g/mol. The van der Waals surface area contributed by atoms with Crippen molar-refractivity contribution in [1.29, 1.82) is 0 Å². The first-order valence-corrected chi connectivity index (χ1v) is 21.0. The number of amides is 3. The third-order valence-electron chi connectivity index (χ3n) is 11.7. The van der Waals surface area contributed by atoms with Gasteiger partial charge in [-0.25, -0.2) is 0 Å². The fourth-order valence-corrected chi connectivity index (χ4v) is 13.1. The van der Waals surface area contributed by atoms with Crippen molar-refractivity contribution in [1.82, 2.24) is 10.2 Å². The number of hydrogen-bond acceptors (Lipinski definition) is 7. The number of benzene rings is 3. The van der Waals surface area contributed by atoms with Gasteiger partial charge in [0.15, 0.2) is 5.60 Å². The Hall–Kier alpha value is -4.03. The maximum Gasteiger partial charge on any atom is 0.268 e. The molecule has 3 fully saturated rings. The molecule has 4 aliphatic heterocycles. The van der Waals surface area contributed by atoms with Crippen molar-refractivity contribution in [3.63, 3.8) is 0 Å². The highest BCUT2D eigenvalue weighted by atomic mass is 28.3. The average Bonchev–Trinajstić information content (AvgIpc) is 3.92. The molecule has 0 bridgehead atoms. The van der Waals surface area contributed by atoms with Gasteiger partial charge in [-0.1, -0.05) is 55.5 Å². The molecule has 11 heteroatoms. The summed E-state index contributed by atoms with van der Waals surface area (Å²) < 4.78 is 12.7. The summed E-state index contributed by atoms with van der Waals surface area (Å²) in [7, 11) is -0.843. The molecule has 3 amide bonds. The Bertz CT molecular complexity index is 1750. The molecule has 10 nitrogen and oxygen atoms in total. The van der Waals surface area contributed by atoms with Crippen LogP contribution < -0.4 is 25.5 Å². The number of aliphatic hydroxyl groups excluding tert-OH is 1. The van der Waals surface area contributed by atoms with Crippen LogP contribution in [0.1, 0.15) is 44.6 Å². The van der Waals surface area contributed by atoms with Gasteiger partial charge in [0.2, 0.25) is 11.8 Å². The number of carbonyl (C=O) groups is 3. The molecule has 4 aliphatic rings. The summed E-state index contributed by atoms with van der Waals surface area (Å²) in [6.07, 6.45) is 2.89. The van der Waals surface area contributed by atoms with Crippen molar-refractivity contribution < 1.29 is 29.0 Å². The van der Waals surface area contributed by atoms with Crippen LogP contribution in [0, 0.1) is 5.92 Å². The standard InChI is InChI=1S/C39H48N4O6Si/c1-25-36(50(3,4)30-17-15-29(48-2)16-18-30)34(23-35(45)42-21-9-12-28(42)24-44)49-39(25)31-22-26(41-37(46)32-13-8-20-40-32)14-19-33(31)43(38(39)47)27-10-6-5-7-11-27/h5-7,10-11,14-19,22,25,28,32,34,36,40,44H,8-9,12-13,20-21,23-24H2,1-4H3,(H,41,46)/t25-,28+,32-,34+,36-,39+/m1/s1. The van der Waals surface area contributed by atoms with Crippen molar-refractivity contribution >= 4 is 48.0 Å². The van der Waals surface area contributed by atoms with Crippen molar-refractivity contribution in [2.75, 3.05) is 37.0 Å². The predicted molar refractivity (Wildman–Crippen MR) is 196 cm³/mol. The molecule has 3 aromatic rings. The molecule has 7 rings (SSSR count). The summed E-state index contributed by atoms with van der Waals surface area (Å²) in [5.74, 6) is 0.0950. The summed E-state index contributed by atoms with van der Waals surface area (Å²) in [6.45, 7) is 8.03. The summed E-state index contributed by atoms with van der Waals surface area (Å²) >= 11 is 0. The van der Waals surface area contributed by atoms with Crippen LogP contribution in [0.15, 0.2) is 72.8 Å². The van der Waals surface area contributed by atoms with E-state index in [9.17, 15) is 14.7 Å². The lowest BCUT2D eigenvalue weighted by molar-refractivity contribution is -0.149. The Balaban J connectivity index is 1.34. The van der Waals surface area contributed by atoms with Crippen molar-refractivity contribution in [2.45, 2.75) is 81.5 Å². The first-order valence-electron chi connectivity index (χ1n) is 17.9. The van der Waals surface area contributed by atoms with Gasteiger partial charge in [-0.05, 0) is 80.2 Å². The molecule has 0 aliphatic carbocycles. The maximum atomic E-state index is 15.2. The minimum atomic E-state index is -2.49. The lowest BCUT2D eigenvalue weighted by Crippen LogP contribution is -2.52. The molecule has 3 saturated heterocycles. The predicted octanol–water partition coefficient (Wildman–Crippen LogP) is 4.65. The molecule has 3 aromatic carbocycles. The highest BCUT2D eigenvalue weighted by Gasteiger charge is 2.67. The molecular weight excluding hydrogens is 649 g/mol. The minimum Gasteiger partial charge on any atom is -0.497 e. The zero-order valence-electron chi connectivity index (χ0n) is 29.4. The fourth-order valence-electron chi connectivity index (χ4n) is 9.13. The number of likely N-dealkylation sites (tertiary alicyclic amines) is 1. The fraction of sp³-hybridized carbons (Fsp3) is 0.462. The number of para-hydroxylation sites is 1. The van der Waals surface area contributed by atoms with Gasteiger partial charge in [0.05, 0.1) is 52.1 Å². The maximum absolute atomic E-state index is 15.2. The summed E-state index contributed by atoms with van der Waals surface area (Å²) in [5.41, 5.74) is 1.20. The Morgan fingerprint density at radius 1 is 1.06 bits per heavy atom. The van der Waals surface area contributed by atoms with Crippen LogP contribution in [-0.2, 0) is 24.7 Å². The number of hydrogen-bond donors (Lipinski definition) is 3. The monoisotopic (exact) mass is 696 g/mol. The Kier molecular flexibility index (Phi) is 9.36. The first kappa shape index (κ1) is 34.4. The zero-order valence-corrected chi connectivity index (χ0v) is 30.4. The van der Waals surface area contributed by atoms with Crippen molar-refractivity contribution in [3.8, 4) is 5.75 Å². The van der Waals surface area contributed by atoms with Crippen LogP contribution in [0.25, 0.3) is 0 Å². The zero-order chi connectivity index (χ0) is 35.2. The molecule has 6 atom stereocenters. The highest BCUT2D eigenvalue weighted by Crippen LogP contribution is 2.61. The number of rotatable bonds is 9. The van der Waals surface area contributed by atoms with E-state index in [1.807, 2.05) is 60.7 Å². The number of nitrogens with zero attached hydrogens (tertiary/aromatic N) is 2. The number of ether oxygens (including phenoxy) is 2. The number of aliphatic hydroxyl groups is 1. The second-order valence-corrected chi connectivity index (χ2v) is 19.5. The van der Waals surface area contributed by atoms with Gasteiger partial charge < -0.3 is 30.1 Å². The van der Waals surface area contributed by atoms with Crippen LogP contribution in [0.4, 0.5) is 17.1 Å². The molecule has 1 spiro atoms. The van der Waals surface area contributed by atoms with E-state index in [1.165, 1.54) is 5.19 Å². The van der Waals surface area contributed by atoms with E-state index in [1.54, 1.807) is 16.9 Å². The number of anilines is 3. The molecular formula is C39H48N4O6Si. The van der Waals surface area contributed by atoms with E-state index < -0.39 is 19.8 Å². The number of methoxy groups -OCH3 is 1. The Labute approximate surface area is 295 Å². The highest BCUT2D eigenvalue weighted by molar-refractivity contribution is 6.91. The topological polar surface area (TPSA) is 120 Å². The number of carbonyl (C=O) groups excluding carboxylic acids is 3. The molecule has 0 unspecified atom stereocenters. The van der Waals surface area contributed by atoms with Gasteiger partial charge >= 0.3 is 0 Å². The van der Waals surface area contributed by atoms with E-state index in [4.69, 9.17) is 9.47 Å². The first-order chi connectivity index (χ1) is 24.1. The molecule has 3 N–H and O–H groups in total. The van der Waals surface area contributed by atoms with Crippen LogP contribution in [0.2, 0.25) is 18.6 Å². The number of nitrogens with one attached hydrogen (secondary N) is 2. The third kappa shape index (κ3) is 5.74. The molecule has 0 saturated carbocycles. The minimum absolute atomic E-state index is 0.0593. The van der Waals surface area contributed by atoms with E-state index in [-0.39, 0.29) is 54.3 Å². The summed E-state index contributed by atoms with van der Waals surface area (Å²) in [4.78, 5) is 46.0. The van der Waals surface area contributed by atoms with Gasteiger partial charge in [0.25, 0.3) is 5.91 Å². The smallest absolute Gasteiger partial charge is 0.268 e. The second-order valence-electron chi connectivity index (χ2n) is 14.8. The van der Waals surface area contributed by atoms with Gasteiger partial charge in [-0.15, -0.1) is 0 Å². The largest absolute Gasteiger partial charge is 0.497 e. The molecule has 0 aromatic heterocycles. The molecule has 264 valence electrons.